The molecule has 0 spiro atoms. The number of rotatable bonds is 19. The standard InChI is InChI=1S/C21H14F4N6S.C21H15N9S.C20H14N8S.C18H14N6OS/c22-14-6-11(5-13(8-14)21(23,24)25)9-26-20-29-17-3-4-32-18(17)19(30-20)28-15-1-2-16-12(7-15)10-27-31-16;1-4-16(30-12-22-11-24-30)5-2-14(1)26-21-27-18-7-8-31-19(18)20(28-21)25-15-3-6-17-13(9-15)10-23-29-17;1-3-14-11(9-23-28-14)7-12(1)24-19-18-16(5-6-29-18)26-20(27-19)25-13-2-4-15-17(8-13)22-10-21-15;1-2-13(25-6-1)10-19-18-22-15-5-7-26-16(15)17(23-18)21-12-3-4-14-11(8-12)9-20-24-14/h1-8,10H,9H2,(H,27,31)(H2,26,28,29,30);1-12H,(H,23,29)(H2,25,26,27,28);1-10H,(H,21,22)(H,23,28)(H2,24,25,26,27);1-9H,10H2,(H,20,24)(H2,19,21,22,23). The normalized spacial score (nSPS) is 11.5. The van der Waals surface area contributed by atoms with Gasteiger partial charge >= 0.3 is 6.18 Å². The quantitative estimate of drug-likeness (QED) is 0.0334. The van der Waals surface area contributed by atoms with Crippen molar-refractivity contribution >= 4 is 222 Å². The molecular weight excluding hydrogens is 1590 g/mol. The predicted octanol–water partition coefficient (Wildman–Crippen LogP) is 20.2. The molecule has 0 radical (unpaired) electrons. The molecule has 0 aliphatic carbocycles. The average molecular weight is 1640 g/mol. The zero-order valence-corrected chi connectivity index (χ0v) is 64.0. The predicted molar refractivity (Wildman–Crippen MR) is 456 cm³/mol. The lowest BCUT2D eigenvalue weighted by Crippen LogP contribution is -2.09. The van der Waals surface area contributed by atoms with Crippen LogP contribution in [0.15, 0.2) is 246 Å². The molecule has 0 aliphatic rings. The van der Waals surface area contributed by atoms with E-state index in [2.05, 4.69) is 133 Å². The van der Waals surface area contributed by atoms with Crippen molar-refractivity contribution in [3.63, 3.8) is 0 Å². The Morgan fingerprint density at radius 3 is 1.29 bits per heavy atom. The number of fused-ring (bicyclic) bond motifs is 9. The van der Waals surface area contributed by atoms with Crippen LogP contribution in [0.5, 0.6) is 0 Å². The number of hydrogen-bond donors (Lipinski definition) is 13. The van der Waals surface area contributed by atoms with Crippen LogP contribution >= 0.6 is 45.3 Å². The Morgan fingerprint density at radius 2 is 0.839 bits per heavy atom. The first-order valence-electron chi connectivity index (χ1n) is 35.9. The molecule has 0 amide bonds. The van der Waals surface area contributed by atoms with Crippen molar-refractivity contribution < 1.29 is 22.0 Å². The minimum Gasteiger partial charge on any atom is -0.467 e. The van der Waals surface area contributed by atoms with Gasteiger partial charge < -0.3 is 51.9 Å². The van der Waals surface area contributed by atoms with Crippen LogP contribution < -0.4 is 42.5 Å². The molecule has 22 rings (SSSR count). The highest BCUT2D eigenvalue weighted by Gasteiger charge is 2.31. The molecule has 15 aromatic heterocycles. The van der Waals surface area contributed by atoms with Crippen LogP contribution in [0.3, 0.4) is 0 Å². The summed E-state index contributed by atoms with van der Waals surface area (Å²) in [5.41, 5.74) is 14.5. The number of alkyl halides is 3. The van der Waals surface area contributed by atoms with Gasteiger partial charge in [-0.15, -0.1) is 45.3 Å². The van der Waals surface area contributed by atoms with E-state index < -0.39 is 17.6 Å². The maximum atomic E-state index is 13.7. The number of aromatic amines is 5. The number of anilines is 14. The van der Waals surface area contributed by atoms with Crippen molar-refractivity contribution in [2.45, 2.75) is 19.3 Å². The minimum absolute atomic E-state index is 0.0725. The molecule has 580 valence electrons. The van der Waals surface area contributed by atoms with E-state index in [9.17, 15) is 17.6 Å². The van der Waals surface area contributed by atoms with Crippen molar-refractivity contribution in [3.8, 4) is 5.69 Å². The molecule has 0 bridgehead atoms. The van der Waals surface area contributed by atoms with Gasteiger partial charge in [0.05, 0.1) is 129 Å². The molecule has 0 fully saturated rings. The van der Waals surface area contributed by atoms with Crippen molar-refractivity contribution in [3.05, 3.63) is 264 Å². The fourth-order valence-corrected chi connectivity index (χ4v) is 15.8. The Bertz CT molecular complexity index is 7290. The van der Waals surface area contributed by atoms with E-state index in [1.165, 1.54) is 17.7 Å². The van der Waals surface area contributed by atoms with Crippen LogP contribution in [-0.2, 0) is 19.3 Å². The lowest BCUT2D eigenvalue weighted by Gasteiger charge is -2.12. The van der Waals surface area contributed by atoms with E-state index in [0.29, 0.717) is 41.8 Å². The van der Waals surface area contributed by atoms with Gasteiger partial charge in [0.25, 0.3) is 0 Å². The summed E-state index contributed by atoms with van der Waals surface area (Å²) in [5.74, 6) is 4.53. The van der Waals surface area contributed by atoms with E-state index >= 15 is 0 Å². The van der Waals surface area contributed by atoms with Crippen molar-refractivity contribution in [2.75, 3.05) is 42.5 Å². The second kappa shape index (κ2) is 31.9. The highest BCUT2D eigenvalue weighted by atomic mass is 32.1. The minimum atomic E-state index is -4.63. The third-order valence-corrected chi connectivity index (χ3v) is 21.9. The monoisotopic (exact) mass is 1640 g/mol. The number of imidazole rings is 1. The zero-order valence-electron chi connectivity index (χ0n) is 60.7. The highest BCUT2D eigenvalue weighted by molar-refractivity contribution is 7.18. The number of benzene rings is 7. The molecule has 15 heterocycles. The van der Waals surface area contributed by atoms with E-state index in [-0.39, 0.29) is 18.1 Å². The molecule has 0 atom stereocenters. The zero-order chi connectivity index (χ0) is 79.5. The Morgan fingerprint density at radius 1 is 0.407 bits per heavy atom. The number of thiophene rings is 4. The summed E-state index contributed by atoms with van der Waals surface area (Å²) < 4.78 is 63.5. The maximum absolute atomic E-state index is 13.7. The van der Waals surface area contributed by atoms with Gasteiger partial charge in [-0.1, -0.05) is 0 Å². The fraction of sp³-hybridized carbons (Fsp3) is 0.0375. The van der Waals surface area contributed by atoms with Crippen LogP contribution in [0.25, 0.3) is 101 Å². The van der Waals surface area contributed by atoms with Gasteiger partial charge in [0, 0.05) is 62.2 Å². The van der Waals surface area contributed by atoms with E-state index in [0.717, 1.165) is 165 Å². The first kappa shape index (κ1) is 72.8. The molecule has 0 saturated carbocycles. The van der Waals surface area contributed by atoms with E-state index in [1.54, 1.807) is 82.4 Å². The van der Waals surface area contributed by atoms with Gasteiger partial charge in [-0.2, -0.15) is 58.6 Å². The molecule has 0 saturated heterocycles. The third kappa shape index (κ3) is 16.3. The highest BCUT2D eigenvalue weighted by Crippen LogP contribution is 2.38. The fourth-order valence-electron chi connectivity index (χ4n) is 12.7. The summed E-state index contributed by atoms with van der Waals surface area (Å²) in [6.45, 7) is 0.458. The van der Waals surface area contributed by atoms with Gasteiger partial charge in [0.15, 0.2) is 23.3 Å². The number of aromatic nitrogens is 21. The van der Waals surface area contributed by atoms with Crippen molar-refractivity contribution in [2.24, 2.45) is 0 Å². The van der Waals surface area contributed by atoms with Crippen molar-refractivity contribution in [1.82, 2.24) is 105 Å². The molecule has 118 heavy (non-hydrogen) atoms. The lowest BCUT2D eigenvalue weighted by molar-refractivity contribution is -0.137. The van der Waals surface area contributed by atoms with Crippen LogP contribution in [0.2, 0.25) is 0 Å². The van der Waals surface area contributed by atoms with Crippen molar-refractivity contribution in [1.29, 1.82) is 0 Å². The van der Waals surface area contributed by atoms with E-state index in [1.807, 2.05) is 173 Å². The second-order valence-corrected chi connectivity index (χ2v) is 29.9. The van der Waals surface area contributed by atoms with Crippen LogP contribution in [0, 0.1) is 5.82 Å². The SMILES string of the molecule is Fc1cc(CNc2nc(Nc3ccc4[nH]ncc4c3)c3sccc3n2)cc(C(F)(F)F)c1.c1coc(CNc2nc(Nc3ccc4[nH]ncc4c3)c3sccc3n2)c1.c1nc2ccc(Nc3nc(Nc4ccc5[nH]ncc5c4)c4sccc4n3)cc2[nH]1.c1ncn(-c2ccc(Nc3nc(Nc4ccc5[nH]ncc5c4)c4sccc4n3)cc2)n1. The average Bonchev–Trinajstić information content (AvgIpc) is 1.60. The van der Waals surface area contributed by atoms with Crippen LogP contribution in [0.4, 0.5) is 98.8 Å². The first-order chi connectivity index (χ1) is 57.8. The number of nitrogens with zero attached hydrogens (tertiary/aromatic N) is 16. The van der Waals surface area contributed by atoms with Gasteiger partial charge in [-0.3, -0.25) is 20.4 Å². The Balaban J connectivity index is 0.000000105. The number of hydrogen-bond acceptors (Lipinski definition) is 28. The number of halogens is 4. The molecule has 0 unspecified atom stereocenters. The van der Waals surface area contributed by atoms with Gasteiger partial charge in [0.1, 0.15) is 24.2 Å². The lowest BCUT2D eigenvalue weighted by atomic mass is 10.1. The Kier molecular flexibility index (Phi) is 19.7. The Labute approximate surface area is 676 Å². The summed E-state index contributed by atoms with van der Waals surface area (Å²) in [7, 11) is 0. The first-order valence-corrected chi connectivity index (χ1v) is 39.5. The molecule has 13 N–H and O–H groups in total. The van der Waals surface area contributed by atoms with Crippen LogP contribution in [-0.4, -0.2) is 105 Å². The number of nitrogens with one attached hydrogen (secondary N) is 13. The molecule has 38 heteroatoms. The van der Waals surface area contributed by atoms with Gasteiger partial charge in [0.2, 0.25) is 23.8 Å². The molecule has 7 aromatic carbocycles. The summed E-state index contributed by atoms with van der Waals surface area (Å²) in [5, 5.41) is 70.3. The molecular formula is C80H57F4N29OS4. The van der Waals surface area contributed by atoms with Gasteiger partial charge in [-0.25, -0.2) is 39.0 Å². The molecule has 22 aromatic rings. The topological polar surface area (TPSA) is 387 Å². The maximum Gasteiger partial charge on any atom is 0.416 e. The molecule has 0 aliphatic heterocycles. The smallest absolute Gasteiger partial charge is 0.416 e. The number of furan rings is 1. The van der Waals surface area contributed by atoms with Crippen LogP contribution in [0.1, 0.15) is 16.9 Å². The Hall–Kier alpha value is -15.4. The molecule has 30 nitrogen and oxygen atoms in total. The summed E-state index contributed by atoms with van der Waals surface area (Å²) in [4.78, 5) is 48.2. The summed E-state index contributed by atoms with van der Waals surface area (Å²) >= 11 is 6.28. The summed E-state index contributed by atoms with van der Waals surface area (Å²) in [6.07, 6.45) is 9.00. The van der Waals surface area contributed by atoms with Gasteiger partial charge in [-0.05, 0) is 197 Å². The number of H-pyrrole nitrogens is 5. The third-order valence-electron chi connectivity index (χ3n) is 18.2. The van der Waals surface area contributed by atoms with E-state index in [4.69, 9.17) is 14.4 Å². The second-order valence-electron chi connectivity index (χ2n) is 26.2. The summed E-state index contributed by atoms with van der Waals surface area (Å²) in [6, 6.07) is 51.5. The largest absolute Gasteiger partial charge is 0.467 e.